The molecule has 21 heavy (non-hydrogen) atoms. The second-order valence-electron chi connectivity index (χ2n) is 6.15. The van der Waals surface area contributed by atoms with Crippen LogP contribution in [0, 0.1) is 11.7 Å². The van der Waals surface area contributed by atoms with Crippen LogP contribution in [0.1, 0.15) is 32.3 Å². The summed E-state index contributed by atoms with van der Waals surface area (Å²) in [6.45, 7) is 6.45. The van der Waals surface area contributed by atoms with Gasteiger partial charge in [0.05, 0.1) is 5.92 Å². The molecule has 0 radical (unpaired) electrons. The standard InChI is InChI=1S/C16H23FN2O.ClH/c1-16(2,13-5-7-14(17)8-6-13)11-19-15(20)12-4-3-9-18-10-12;/h5-8,12,18H,3-4,9-11H2,1-2H3,(H,19,20);1H. The van der Waals surface area contributed by atoms with Crippen LogP contribution in [0.15, 0.2) is 24.3 Å². The fourth-order valence-electron chi connectivity index (χ4n) is 2.53. The summed E-state index contributed by atoms with van der Waals surface area (Å²) in [6, 6.07) is 6.49. The smallest absolute Gasteiger partial charge is 0.224 e. The molecule has 1 aliphatic heterocycles. The summed E-state index contributed by atoms with van der Waals surface area (Å²) < 4.78 is 13.0. The maximum absolute atomic E-state index is 13.0. The van der Waals surface area contributed by atoms with Gasteiger partial charge in [-0.3, -0.25) is 4.79 Å². The molecule has 1 fully saturated rings. The van der Waals surface area contributed by atoms with Crippen LogP contribution in [0.25, 0.3) is 0 Å². The molecule has 2 N–H and O–H groups in total. The van der Waals surface area contributed by atoms with E-state index in [4.69, 9.17) is 0 Å². The zero-order valence-electron chi connectivity index (χ0n) is 12.6. The molecule has 1 aromatic rings. The second kappa shape index (κ2) is 7.76. The molecule has 0 aromatic heterocycles. The largest absolute Gasteiger partial charge is 0.355 e. The van der Waals surface area contributed by atoms with E-state index < -0.39 is 0 Å². The average molecular weight is 315 g/mol. The van der Waals surface area contributed by atoms with Gasteiger partial charge in [0, 0.05) is 18.5 Å². The van der Waals surface area contributed by atoms with E-state index in [2.05, 4.69) is 24.5 Å². The molecule has 0 aliphatic carbocycles. The molecule has 1 saturated heterocycles. The Kier molecular flexibility index (Phi) is 6.62. The molecule has 1 aromatic carbocycles. The van der Waals surface area contributed by atoms with Gasteiger partial charge in [0.25, 0.3) is 0 Å². The Balaban J connectivity index is 0.00000220. The summed E-state index contributed by atoms with van der Waals surface area (Å²) in [5.41, 5.74) is 0.826. The van der Waals surface area contributed by atoms with Gasteiger partial charge < -0.3 is 10.6 Å². The molecule has 1 amide bonds. The van der Waals surface area contributed by atoms with E-state index in [0.717, 1.165) is 31.5 Å². The molecule has 1 atom stereocenters. The van der Waals surface area contributed by atoms with Crippen molar-refractivity contribution in [2.45, 2.75) is 32.1 Å². The number of halogens is 2. The van der Waals surface area contributed by atoms with Gasteiger partial charge in [-0.25, -0.2) is 4.39 Å². The van der Waals surface area contributed by atoms with Crippen molar-refractivity contribution in [1.29, 1.82) is 0 Å². The van der Waals surface area contributed by atoms with Crippen LogP contribution >= 0.6 is 12.4 Å². The minimum absolute atomic E-state index is 0. The number of carbonyl (C=O) groups is 1. The summed E-state index contributed by atoms with van der Waals surface area (Å²) in [4.78, 5) is 12.1. The van der Waals surface area contributed by atoms with Crippen LogP contribution < -0.4 is 10.6 Å². The molecule has 0 spiro atoms. The van der Waals surface area contributed by atoms with Gasteiger partial charge in [-0.2, -0.15) is 0 Å². The van der Waals surface area contributed by atoms with Crippen molar-refractivity contribution < 1.29 is 9.18 Å². The molecule has 3 nitrogen and oxygen atoms in total. The van der Waals surface area contributed by atoms with Crippen molar-refractivity contribution in [3.63, 3.8) is 0 Å². The number of nitrogens with one attached hydrogen (secondary N) is 2. The fraction of sp³-hybridized carbons (Fsp3) is 0.562. The number of benzene rings is 1. The van der Waals surface area contributed by atoms with Crippen molar-refractivity contribution in [1.82, 2.24) is 10.6 Å². The molecule has 5 heteroatoms. The minimum atomic E-state index is -0.234. The van der Waals surface area contributed by atoms with Gasteiger partial charge in [-0.1, -0.05) is 26.0 Å². The van der Waals surface area contributed by atoms with E-state index >= 15 is 0 Å². The van der Waals surface area contributed by atoms with Gasteiger partial charge in [0.2, 0.25) is 5.91 Å². The first-order valence-corrected chi connectivity index (χ1v) is 7.23. The zero-order valence-corrected chi connectivity index (χ0v) is 13.4. The lowest BCUT2D eigenvalue weighted by Gasteiger charge is -2.28. The normalized spacial score (nSPS) is 18.7. The first kappa shape index (κ1) is 17.9. The molecular weight excluding hydrogens is 291 g/mol. The van der Waals surface area contributed by atoms with Gasteiger partial charge in [-0.15, -0.1) is 12.4 Å². The minimum Gasteiger partial charge on any atom is -0.355 e. The van der Waals surface area contributed by atoms with Crippen LogP contribution in [0.4, 0.5) is 4.39 Å². The van der Waals surface area contributed by atoms with Crippen molar-refractivity contribution in [2.75, 3.05) is 19.6 Å². The Labute approximate surface area is 132 Å². The number of piperidine rings is 1. The number of hydrogen-bond donors (Lipinski definition) is 2. The lowest BCUT2D eigenvalue weighted by atomic mass is 9.84. The number of amides is 1. The Morgan fingerprint density at radius 3 is 2.62 bits per heavy atom. The highest BCUT2D eigenvalue weighted by Crippen LogP contribution is 2.22. The molecular formula is C16H24ClFN2O. The zero-order chi connectivity index (χ0) is 14.6. The molecule has 1 heterocycles. The molecule has 2 rings (SSSR count). The Bertz CT molecular complexity index is 456. The third kappa shape index (κ3) is 4.97. The first-order valence-electron chi connectivity index (χ1n) is 7.23. The monoisotopic (exact) mass is 314 g/mol. The fourth-order valence-corrected chi connectivity index (χ4v) is 2.53. The third-order valence-electron chi connectivity index (χ3n) is 4.00. The highest BCUT2D eigenvalue weighted by molar-refractivity contribution is 5.85. The van der Waals surface area contributed by atoms with E-state index in [-0.39, 0.29) is 35.5 Å². The van der Waals surface area contributed by atoms with Crippen LogP contribution in [-0.4, -0.2) is 25.5 Å². The Morgan fingerprint density at radius 1 is 1.38 bits per heavy atom. The van der Waals surface area contributed by atoms with E-state index in [1.165, 1.54) is 12.1 Å². The summed E-state index contributed by atoms with van der Waals surface area (Å²) in [6.07, 6.45) is 2.01. The average Bonchev–Trinajstić information content (AvgIpc) is 2.46. The van der Waals surface area contributed by atoms with E-state index in [1.54, 1.807) is 12.1 Å². The topological polar surface area (TPSA) is 41.1 Å². The molecule has 0 saturated carbocycles. The van der Waals surface area contributed by atoms with Crippen LogP contribution in [0.5, 0.6) is 0 Å². The van der Waals surface area contributed by atoms with E-state index in [9.17, 15) is 9.18 Å². The van der Waals surface area contributed by atoms with Gasteiger partial charge in [-0.05, 0) is 37.1 Å². The third-order valence-corrected chi connectivity index (χ3v) is 4.00. The van der Waals surface area contributed by atoms with Crippen molar-refractivity contribution in [2.24, 2.45) is 5.92 Å². The summed E-state index contributed by atoms with van der Waals surface area (Å²) >= 11 is 0. The molecule has 1 unspecified atom stereocenters. The van der Waals surface area contributed by atoms with Crippen LogP contribution in [0.3, 0.4) is 0 Å². The maximum atomic E-state index is 13.0. The number of carbonyl (C=O) groups excluding carboxylic acids is 1. The molecule has 118 valence electrons. The predicted octanol–water partition coefficient (Wildman–Crippen LogP) is 2.64. The van der Waals surface area contributed by atoms with Gasteiger partial charge in [0.15, 0.2) is 0 Å². The van der Waals surface area contributed by atoms with E-state index in [1.807, 2.05) is 0 Å². The lowest BCUT2D eigenvalue weighted by Crippen LogP contribution is -2.44. The van der Waals surface area contributed by atoms with Crippen LogP contribution in [0.2, 0.25) is 0 Å². The maximum Gasteiger partial charge on any atom is 0.224 e. The first-order chi connectivity index (χ1) is 9.49. The highest BCUT2D eigenvalue weighted by Gasteiger charge is 2.25. The summed E-state index contributed by atoms with van der Waals surface area (Å²) in [5.74, 6) is -0.0398. The number of rotatable bonds is 4. The number of hydrogen-bond acceptors (Lipinski definition) is 2. The van der Waals surface area contributed by atoms with E-state index in [0.29, 0.717) is 6.54 Å². The Morgan fingerprint density at radius 2 is 2.05 bits per heavy atom. The lowest BCUT2D eigenvalue weighted by molar-refractivity contribution is -0.125. The van der Waals surface area contributed by atoms with Crippen LogP contribution in [-0.2, 0) is 10.2 Å². The SMILES string of the molecule is CC(C)(CNC(=O)C1CCCNC1)c1ccc(F)cc1.Cl. The predicted molar refractivity (Wildman–Crippen MR) is 85.3 cm³/mol. The molecule has 0 bridgehead atoms. The quantitative estimate of drug-likeness (QED) is 0.897. The summed E-state index contributed by atoms with van der Waals surface area (Å²) in [5, 5.41) is 6.28. The van der Waals surface area contributed by atoms with Crippen molar-refractivity contribution in [3.05, 3.63) is 35.6 Å². The Hall–Kier alpha value is -1.13. The van der Waals surface area contributed by atoms with Gasteiger partial charge in [0.1, 0.15) is 5.82 Å². The highest BCUT2D eigenvalue weighted by atomic mass is 35.5. The van der Waals surface area contributed by atoms with Gasteiger partial charge >= 0.3 is 0 Å². The molecule has 1 aliphatic rings. The van der Waals surface area contributed by atoms with Crippen molar-refractivity contribution >= 4 is 18.3 Å². The van der Waals surface area contributed by atoms with Crippen molar-refractivity contribution in [3.8, 4) is 0 Å². The second-order valence-corrected chi connectivity index (χ2v) is 6.15. The summed E-state index contributed by atoms with van der Waals surface area (Å²) in [7, 11) is 0.